The van der Waals surface area contributed by atoms with Gasteiger partial charge in [0.2, 0.25) is 0 Å². The van der Waals surface area contributed by atoms with Crippen LogP contribution >= 0.6 is 0 Å². The first-order valence-electron chi connectivity index (χ1n) is 5.20. The van der Waals surface area contributed by atoms with E-state index in [-0.39, 0.29) is 12.6 Å². The molecule has 0 aromatic rings. The molecule has 0 aliphatic carbocycles. The van der Waals surface area contributed by atoms with E-state index in [0.29, 0.717) is 12.0 Å². The van der Waals surface area contributed by atoms with E-state index in [0.717, 1.165) is 19.6 Å². The Balaban J connectivity index is 2.15. The normalized spacial score (nSPS) is 25.4. The molecule has 0 saturated carbocycles. The molecule has 0 spiro atoms. The molecule has 0 amide bonds. The Morgan fingerprint density at radius 3 is 2.77 bits per heavy atom. The molecule has 78 valence electrons. The largest absolute Gasteiger partial charge is 0.395 e. The molecule has 2 unspecified atom stereocenters. The minimum atomic E-state index is 0.212. The molecule has 3 heteroatoms. The van der Waals surface area contributed by atoms with Crippen molar-refractivity contribution in [3.05, 3.63) is 0 Å². The molecule has 0 radical (unpaired) electrons. The number of rotatable bonds is 5. The van der Waals surface area contributed by atoms with Crippen LogP contribution in [0.15, 0.2) is 0 Å². The highest BCUT2D eigenvalue weighted by molar-refractivity contribution is 4.74. The molecule has 0 aromatic heterocycles. The summed E-state index contributed by atoms with van der Waals surface area (Å²) in [5, 5.41) is 12.4. The van der Waals surface area contributed by atoms with Crippen molar-refractivity contribution in [1.29, 1.82) is 0 Å². The molecular weight excluding hydrogens is 166 g/mol. The van der Waals surface area contributed by atoms with E-state index in [1.54, 1.807) is 0 Å². The van der Waals surface area contributed by atoms with Gasteiger partial charge in [0.15, 0.2) is 0 Å². The Hall–Kier alpha value is -0.120. The molecule has 0 bridgehead atoms. The van der Waals surface area contributed by atoms with E-state index >= 15 is 0 Å². The summed E-state index contributed by atoms with van der Waals surface area (Å²) in [6.45, 7) is 6.22. The second-order valence-corrected chi connectivity index (χ2v) is 4.08. The van der Waals surface area contributed by atoms with Crippen molar-refractivity contribution >= 4 is 0 Å². The van der Waals surface area contributed by atoms with Gasteiger partial charge in [0, 0.05) is 19.2 Å². The summed E-state index contributed by atoms with van der Waals surface area (Å²) in [4.78, 5) is 0. The van der Waals surface area contributed by atoms with Crippen LogP contribution in [0.4, 0.5) is 0 Å². The van der Waals surface area contributed by atoms with Crippen molar-refractivity contribution < 1.29 is 9.84 Å². The van der Waals surface area contributed by atoms with E-state index < -0.39 is 0 Å². The predicted octanol–water partition coefficient (Wildman–Crippen LogP) is 0.772. The van der Waals surface area contributed by atoms with Gasteiger partial charge in [-0.05, 0) is 18.8 Å². The zero-order valence-corrected chi connectivity index (χ0v) is 8.62. The van der Waals surface area contributed by atoms with Crippen LogP contribution in [-0.2, 0) is 4.74 Å². The number of aliphatic hydroxyl groups is 1. The van der Waals surface area contributed by atoms with Crippen LogP contribution in [0.3, 0.4) is 0 Å². The van der Waals surface area contributed by atoms with Crippen LogP contribution in [-0.4, -0.2) is 37.0 Å². The third-order valence-corrected chi connectivity index (χ3v) is 2.63. The van der Waals surface area contributed by atoms with Crippen LogP contribution in [0.1, 0.15) is 26.7 Å². The number of hydrogen-bond acceptors (Lipinski definition) is 3. The summed E-state index contributed by atoms with van der Waals surface area (Å²) in [5.41, 5.74) is 0. The standard InChI is InChI=1S/C10H21NO2/c1-8(2)10(7-12)11-6-9-4-3-5-13-9/h8-12H,3-7H2,1-2H3. The maximum atomic E-state index is 9.07. The van der Waals surface area contributed by atoms with Gasteiger partial charge in [0.05, 0.1) is 12.7 Å². The zero-order valence-electron chi connectivity index (χ0n) is 8.62. The van der Waals surface area contributed by atoms with Crippen LogP contribution < -0.4 is 5.32 Å². The molecule has 1 heterocycles. The van der Waals surface area contributed by atoms with Crippen molar-refractivity contribution in [3.8, 4) is 0 Å². The van der Waals surface area contributed by atoms with Gasteiger partial charge in [0.1, 0.15) is 0 Å². The van der Waals surface area contributed by atoms with Crippen molar-refractivity contribution in [3.63, 3.8) is 0 Å². The summed E-state index contributed by atoms with van der Waals surface area (Å²) < 4.78 is 5.48. The average Bonchev–Trinajstić information content (AvgIpc) is 2.57. The third kappa shape index (κ3) is 3.63. The first kappa shape index (κ1) is 11.0. The molecule has 1 saturated heterocycles. The first-order chi connectivity index (χ1) is 6.24. The Kier molecular flexibility index (Phi) is 4.70. The lowest BCUT2D eigenvalue weighted by molar-refractivity contribution is 0.100. The lowest BCUT2D eigenvalue weighted by Gasteiger charge is -2.21. The topological polar surface area (TPSA) is 41.5 Å². The molecule has 1 rings (SSSR count). The van der Waals surface area contributed by atoms with Crippen molar-refractivity contribution in [1.82, 2.24) is 5.32 Å². The summed E-state index contributed by atoms with van der Waals surface area (Å²) in [7, 11) is 0. The van der Waals surface area contributed by atoms with Gasteiger partial charge < -0.3 is 15.2 Å². The van der Waals surface area contributed by atoms with Crippen LogP contribution in [0.5, 0.6) is 0 Å². The van der Waals surface area contributed by atoms with Gasteiger partial charge in [-0.2, -0.15) is 0 Å². The van der Waals surface area contributed by atoms with Gasteiger partial charge in [-0.15, -0.1) is 0 Å². The van der Waals surface area contributed by atoms with Crippen LogP contribution in [0.25, 0.3) is 0 Å². The van der Waals surface area contributed by atoms with Gasteiger partial charge in [0.25, 0.3) is 0 Å². The second-order valence-electron chi connectivity index (χ2n) is 4.08. The summed E-state index contributed by atoms with van der Waals surface area (Å²) in [6, 6.07) is 0.212. The molecule has 1 aliphatic heterocycles. The first-order valence-corrected chi connectivity index (χ1v) is 5.20. The number of nitrogens with one attached hydrogen (secondary N) is 1. The predicted molar refractivity (Wildman–Crippen MR) is 52.7 cm³/mol. The highest BCUT2D eigenvalue weighted by Gasteiger charge is 2.18. The SMILES string of the molecule is CC(C)C(CO)NCC1CCCO1. The summed E-state index contributed by atoms with van der Waals surface area (Å²) in [6.07, 6.45) is 2.70. The molecule has 1 aliphatic rings. The molecule has 0 aromatic carbocycles. The van der Waals surface area contributed by atoms with Gasteiger partial charge in [-0.3, -0.25) is 0 Å². The number of ether oxygens (including phenoxy) is 1. The summed E-state index contributed by atoms with van der Waals surface area (Å²) >= 11 is 0. The molecule has 1 fully saturated rings. The van der Waals surface area contributed by atoms with Crippen LogP contribution in [0, 0.1) is 5.92 Å². The minimum absolute atomic E-state index is 0.212. The fourth-order valence-corrected chi connectivity index (χ4v) is 1.60. The number of aliphatic hydroxyl groups excluding tert-OH is 1. The van der Waals surface area contributed by atoms with Gasteiger partial charge >= 0.3 is 0 Å². The van der Waals surface area contributed by atoms with E-state index in [2.05, 4.69) is 19.2 Å². The fraction of sp³-hybridized carbons (Fsp3) is 1.00. The van der Waals surface area contributed by atoms with E-state index in [9.17, 15) is 0 Å². The number of hydrogen-bond donors (Lipinski definition) is 2. The molecule has 2 atom stereocenters. The molecular formula is C10H21NO2. The van der Waals surface area contributed by atoms with Crippen molar-refractivity contribution in [2.24, 2.45) is 5.92 Å². The van der Waals surface area contributed by atoms with E-state index in [1.165, 1.54) is 6.42 Å². The van der Waals surface area contributed by atoms with E-state index in [1.807, 2.05) is 0 Å². The van der Waals surface area contributed by atoms with Gasteiger partial charge in [-0.25, -0.2) is 0 Å². The lowest BCUT2D eigenvalue weighted by Crippen LogP contribution is -2.41. The monoisotopic (exact) mass is 187 g/mol. The minimum Gasteiger partial charge on any atom is -0.395 e. The third-order valence-electron chi connectivity index (χ3n) is 2.63. The molecule has 3 nitrogen and oxygen atoms in total. The zero-order chi connectivity index (χ0) is 9.68. The molecule has 13 heavy (non-hydrogen) atoms. The Morgan fingerprint density at radius 1 is 1.54 bits per heavy atom. The smallest absolute Gasteiger partial charge is 0.0700 e. The van der Waals surface area contributed by atoms with Gasteiger partial charge in [-0.1, -0.05) is 13.8 Å². The maximum Gasteiger partial charge on any atom is 0.0700 e. The quantitative estimate of drug-likeness (QED) is 0.668. The Labute approximate surface area is 80.5 Å². The van der Waals surface area contributed by atoms with Crippen molar-refractivity contribution in [2.75, 3.05) is 19.8 Å². The summed E-state index contributed by atoms with van der Waals surface area (Å²) in [5.74, 6) is 0.478. The Bertz CT molecular complexity index is 133. The average molecular weight is 187 g/mol. The lowest BCUT2D eigenvalue weighted by atomic mass is 10.1. The highest BCUT2D eigenvalue weighted by Crippen LogP contribution is 2.11. The van der Waals surface area contributed by atoms with Crippen LogP contribution in [0.2, 0.25) is 0 Å². The molecule has 2 N–H and O–H groups in total. The Morgan fingerprint density at radius 2 is 2.31 bits per heavy atom. The highest BCUT2D eigenvalue weighted by atomic mass is 16.5. The van der Waals surface area contributed by atoms with Crippen molar-refractivity contribution in [2.45, 2.75) is 38.8 Å². The van der Waals surface area contributed by atoms with E-state index in [4.69, 9.17) is 9.84 Å². The second kappa shape index (κ2) is 5.58. The fourth-order valence-electron chi connectivity index (χ4n) is 1.60. The maximum absolute atomic E-state index is 9.07.